The molecule has 0 bridgehead atoms. The molecule has 138 valence electrons. The molecule has 7 heteroatoms. The van der Waals surface area contributed by atoms with Crippen LogP contribution < -0.4 is 15.4 Å². The maximum absolute atomic E-state index is 11.9. The molecule has 1 aliphatic carbocycles. The van der Waals surface area contributed by atoms with E-state index in [1.165, 1.54) is 0 Å². The predicted octanol–water partition coefficient (Wildman–Crippen LogP) is 1.47. The van der Waals surface area contributed by atoms with Crippen LogP contribution in [0.1, 0.15) is 25.3 Å². The Bertz CT molecular complexity index is 587. The Kier molecular flexibility index (Phi) is 7.06. The Hall–Kier alpha value is -2.28. The van der Waals surface area contributed by atoms with Crippen molar-refractivity contribution in [2.75, 3.05) is 26.7 Å². The normalized spacial score (nSPS) is 19.2. The lowest BCUT2D eigenvalue weighted by atomic mass is 9.85. The number of carbonyl (C=O) groups excluding carboxylic acids is 1. The van der Waals surface area contributed by atoms with Crippen LogP contribution in [0.25, 0.3) is 0 Å². The number of carboxylic acid groups (broad SMARTS) is 1. The van der Waals surface area contributed by atoms with Crippen LogP contribution in [0, 0.1) is 0 Å². The first kappa shape index (κ1) is 19.1. The molecule has 0 unspecified atom stereocenters. The molecule has 0 saturated heterocycles. The van der Waals surface area contributed by atoms with Crippen molar-refractivity contribution in [2.45, 2.75) is 38.3 Å². The number of nitrogens with one attached hydrogen (secondary N) is 2. The Labute approximate surface area is 148 Å². The van der Waals surface area contributed by atoms with Crippen molar-refractivity contribution >= 4 is 12.0 Å². The summed E-state index contributed by atoms with van der Waals surface area (Å²) in [5.41, 5.74) is 1.11. The summed E-state index contributed by atoms with van der Waals surface area (Å²) in [4.78, 5) is 24.7. The van der Waals surface area contributed by atoms with Gasteiger partial charge in [0.15, 0.2) is 0 Å². The monoisotopic (exact) mass is 349 g/mol. The number of benzene rings is 1. The quantitative estimate of drug-likeness (QED) is 0.628. The van der Waals surface area contributed by atoms with E-state index in [0.717, 1.165) is 30.6 Å². The van der Waals surface area contributed by atoms with E-state index in [1.54, 1.807) is 7.11 Å². The molecule has 1 aliphatic rings. The van der Waals surface area contributed by atoms with Crippen LogP contribution in [-0.2, 0) is 11.2 Å². The van der Waals surface area contributed by atoms with Gasteiger partial charge in [0.05, 0.1) is 13.7 Å². The van der Waals surface area contributed by atoms with Gasteiger partial charge in [0.1, 0.15) is 5.75 Å². The van der Waals surface area contributed by atoms with Crippen LogP contribution in [0.5, 0.6) is 5.75 Å². The maximum atomic E-state index is 11.9. The maximum Gasteiger partial charge on any atom is 0.317 e. The highest BCUT2D eigenvalue weighted by atomic mass is 16.5. The topological polar surface area (TPSA) is 90.9 Å². The molecule has 1 fully saturated rings. The molecule has 0 heterocycles. The van der Waals surface area contributed by atoms with E-state index in [9.17, 15) is 9.59 Å². The number of hydrogen-bond donors (Lipinski definition) is 3. The summed E-state index contributed by atoms with van der Waals surface area (Å²) >= 11 is 0. The summed E-state index contributed by atoms with van der Waals surface area (Å²) in [6, 6.07) is 7.96. The summed E-state index contributed by atoms with van der Waals surface area (Å²) in [5, 5.41) is 14.7. The van der Waals surface area contributed by atoms with Crippen molar-refractivity contribution in [1.82, 2.24) is 15.5 Å². The van der Waals surface area contributed by atoms with Gasteiger partial charge in [-0.15, -0.1) is 0 Å². The van der Waals surface area contributed by atoms with Crippen LogP contribution >= 0.6 is 0 Å². The molecule has 2 amide bonds. The fraction of sp³-hybridized carbons (Fsp3) is 0.556. The number of rotatable bonds is 9. The first-order valence-electron chi connectivity index (χ1n) is 8.65. The SMILES string of the molecule is CCN(CC(=O)O)C1CC(NC(=O)NCCc2cccc(OC)c2)C1. The average molecular weight is 349 g/mol. The van der Waals surface area contributed by atoms with Crippen LogP contribution in [0.4, 0.5) is 4.79 Å². The summed E-state index contributed by atoms with van der Waals surface area (Å²) in [5.74, 6) is -0.00200. The lowest BCUT2D eigenvalue weighted by Gasteiger charge is -2.42. The van der Waals surface area contributed by atoms with Crippen molar-refractivity contribution < 1.29 is 19.4 Å². The van der Waals surface area contributed by atoms with Gasteiger partial charge in [-0.1, -0.05) is 19.1 Å². The van der Waals surface area contributed by atoms with Crippen LogP contribution in [0.3, 0.4) is 0 Å². The van der Waals surface area contributed by atoms with Crippen molar-refractivity contribution in [1.29, 1.82) is 0 Å². The Balaban J connectivity index is 1.64. The molecule has 3 N–H and O–H groups in total. The molecule has 0 spiro atoms. The smallest absolute Gasteiger partial charge is 0.317 e. The number of hydrogen-bond acceptors (Lipinski definition) is 4. The number of ether oxygens (including phenoxy) is 1. The standard InChI is InChI=1S/C18H27N3O4/c1-3-21(12-17(22)23)15-10-14(11-15)20-18(24)19-8-7-13-5-4-6-16(9-13)25-2/h4-6,9,14-15H,3,7-8,10-12H2,1-2H3,(H,22,23)(H2,19,20,24). The van der Waals surface area contributed by atoms with Crippen molar-refractivity contribution in [3.63, 3.8) is 0 Å². The fourth-order valence-corrected chi connectivity index (χ4v) is 3.06. The van der Waals surface area contributed by atoms with E-state index < -0.39 is 5.97 Å². The highest BCUT2D eigenvalue weighted by Crippen LogP contribution is 2.25. The van der Waals surface area contributed by atoms with Gasteiger partial charge in [0, 0.05) is 18.6 Å². The molecule has 0 aliphatic heterocycles. The Morgan fingerprint density at radius 1 is 1.36 bits per heavy atom. The molecule has 7 nitrogen and oxygen atoms in total. The van der Waals surface area contributed by atoms with E-state index in [0.29, 0.717) is 13.1 Å². The number of likely N-dealkylation sites (N-methyl/N-ethyl adjacent to an activating group) is 1. The molecule has 2 rings (SSSR count). The van der Waals surface area contributed by atoms with Gasteiger partial charge in [-0.05, 0) is 43.5 Å². The molecule has 1 aromatic rings. The van der Waals surface area contributed by atoms with Crippen molar-refractivity contribution in [3.8, 4) is 5.75 Å². The van der Waals surface area contributed by atoms with Gasteiger partial charge in [0.2, 0.25) is 0 Å². The number of amides is 2. The minimum Gasteiger partial charge on any atom is -0.497 e. The third kappa shape index (κ3) is 5.94. The van der Waals surface area contributed by atoms with E-state index in [2.05, 4.69) is 10.6 Å². The van der Waals surface area contributed by atoms with E-state index in [4.69, 9.17) is 9.84 Å². The largest absolute Gasteiger partial charge is 0.497 e. The van der Waals surface area contributed by atoms with Gasteiger partial charge in [-0.2, -0.15) is 0 Å². The molecule has 0 aromatic heterocycles. The zero-order chi connectivity index (χ0) is 18.2. The summed E-state index contributed by atoms with van der Waals surface area (Å²) < 4.78 is 5.18. The number of urea groups is 1. The predicted molar refractivity (Wildman–Crippen MR) is 94.9 cm³/mol. The minimum absolute atomic E-state index is 0.0562. The first-order chi connectivity index (χ1) is 12.0. The third-order valence-electron chi connectivity index (χ3n) is 4.54. The van der Waals surface area contributed by atoms with Gasteiger partial charge in [-0.3, -0.25) is 9.69 Å². The molecular weight excluding hydrogens is 322 g/mol. The third-order valence-corrected chi connectivity index (χ3v) is 4.54. The number of carbonyl (C=O) groups is 2. The van der Waals surface area contributed by atoms with E-state index >= 15 is 0 Å². The lowest BCUT2D eigenvalue weighted by Crippen LogP contribution is -2.56. The lowest BCUT2D eigenvalue weighted by molar-refractivity contribution is -0.139. The summed E-state index contributed by atoms with van der Waals surface area (Å²) in [7, 11) is 1.63. The zero-order valence-electron chi connectivity index (χ0n) is 14.8. The second-order valence-corrected chi connectivity index (χ2v) is 6.28. The molecule has 1 saturated carbocycles. The van der Waals surface area contributed by atoms with Crippen LogP contribution in [0.2, 0.25) is 0 Å². The van der Waals surface area contributed by atoms with Gasteiger partial charge >= 0.3 is 12.0 Å². The highest BCUT2D eigenvalue weighted by molar-refractivity contribution is 5.74. The second-order valence-electron chi connectivity index (χ2n) is 6.28. The fourth-order valence-electron chi connectivity index (χ4n) is 3.06. The van der Waals surface area contributed by atoms with Crippen LogP contribution in [-0.4, -0.2) is 60.8 Å². The summed E-state index contributed by atoms with van der Waals surface area (Å²) in [6.45, 7) is 3.27. The average Bonchev–Trinajstić information content (AvgIpc) is 2.56. The second kappa shape index (κ2) is 9.27. The number of nitrogens with zero attached hydrogens (tertiary/aromatic N) is 1. The van der Waals surface area contributed by atoms with Gasteiger partial charge < -0.3 is 20.5 Å². The first-order valence-corrected chi connectivity index (χ1v) is 8.65. The minimum atomic E-state index is -0.812. The molecule has 0 radical (unpaired) electrons. The summed E-state index contributed by atoms with van der Waals surface area (Å²) in [6.07, 6.45) is 2.33. The Morgan fingerprint density at radius 3 is 2.76 bits per heavy atom. The van der Waals surface area contributed by atoms with Crippen molar-refractivity contribution in [3.05, 3.63) is 29.8 Å². The van der Waals surface area contributed by atoms with E-state index in [-0.39, 0.29) is 24.7 Å². The van der Waals surface area contributed by atoms with Gasteiger partial charge in [0.25, 0.3) is 0 Å². The number of aliphatic carboxylic acids is 1. The van der Waals surface area contributed by atoms with E-state index in [1.807, 2.05) is 36.1 Å². The highest BCUT2D eigenvalue weighted by Gasteiger charge is 2.34. The molecule has 0 atom stereocenters. The van der Waals surface area contributed by atoms with Gasteiger partial charge in [-0.25, -0.2) is 4.79 Å². The molecule has 25 heavy (non-hydrogen) atoms. The zero-order valence-corrected chi connectivity index (χ0v) is 14.8. The van der Waals surface area contributed by atoms with Crippen LogP contribution in [0.15, 0.2) is 24.3 Å². The molecular formula is C18H27N3O4. The Morgan fingerprint density at radius 2 is 2.12 bits per heavy atom. The van der Waals surface area contributed by atoms with Crippen molar-refractivity contribution in [2.24, 2.45) is 0 Å². The number of methoxy groups -OCH3 is 1. The molecule has 1 aromatic carbocycles. The number of carboxylic acids is 1.